The van der Waals surface area contributed by atoms with Crippen molar-refractivity contribution >= 4 is 69.1 Å². The van der Waals surface area contributed by atoms with Gasteiger partial charge in [0.1, 0.15) is 31.8 Å². The molecular formula is C65H124O4S4. The third-order valence-electron chi connectivity index (χ3n) is 17.0. The Bertz CT molecular complexity index is 1130. The highest BCUT2D eigenvalue weighted by atomic mass is 32.1. The van der Waals surface area contributed by atoms with Crippen LogP contribution in [0.3, 0.4) is 0 Å². The predicted molar refractivity (Wildman–Crippen MR) is 339 cm³/mol. The fourth-order valence-corrected chi connectivity index (χ4v) is 11.2. The van der Waals surface area contributed by atoms with Crippen LogP contribution < -0.4 is 0 Å². The Morgan fingerprint density at radius 2 is 0.411 bits per heavy atom. The number of hydrogen-bond acceptors (Lipinski definition) is 8. The Morgan fingerprint density at radius 3 is 0.575 bits per heavy atom. The molecule has 0 saturated heterocycles. The van der Waals surface area contributed by atoms with Crippen LogP contribution in [0.15, 0.2) is 0 Å². The standard InChI is InChI=1S/C65H124O4S4/c1-13-17-21-25-29-33-37-41-45-53(5)57(9)61(70)66-49-65(50-67-62(71)58(10)54(6)46-42-38-34-30-26-22-18-14-2,51-68-63(72)59(11)55(7)47-43-39-35-31-27-23-19-15-3)52-69-64(73)60(12)56(8)48-44-40-36-32-28-24-20-16-4/h53-60H,13-52H2,1-12H3. The van der Waals surface area contributed by atoms with Gasteiger partial charge >= 0.3 is 0 Å². The molecule has 0 aliphatic heterocycles. The van der Waals surface area contributed by atoms with Crippen molar-refractivity contribution in [1.82, 2.24) is 0 Å². The van der Waals surface area contributed by atoms with Crippen LogP contribution in [-0.4, -0.2) is 46.6 Å². The minimum atomic E-state index is -0.759. The van der Waals surface area contributed by atoms with Crippen LogP contribution in [0.5, 0.6) is 0 Å². The molecule has 0 spiro atoms. The second-order valence-corrected chi connectivity index (χ2v) is 25.7. The molecule has 432 valence electrons. The van der Waals surface area contributed by atoms with Gasteiger partial charge in [-0.05, 0) is 98.2 Å². The largest absolute Gasteiger partial charge is 0.486 e. The van der Waals surface area contributed by atoms with E-state index < -0.39 is 5.41 Å². The van der Waals surface area contributed by atoms with Gasteiger partial charge < -0.3 is 18.9 Å². The first-order valence-electron chi connectivity index (χ1n) is 31.8. The summed E-state index contributed by atoms with van der Waals surface area (Å²) in [4.78, 5) is 0. The lowest BCUT2D eigenvalue weighted by atomic mass is 9.88. The summed E-state index contributed by atoms with van der Waals surface area (Å²) in [6.07, 6.45) is 46.9. The predicted octanol–water partition coefficient (Wildman–Crippen LogP) is 22.6. The minimum absolute atomic E-state index is 0.134. The van der Waals surface area contributed by atoms with Gasteiger partial charge in [-0.1, -0.05) is 289 Å². The van der Waals surface area contributed by atoms with Crippen LogP contribution in [-0.2, 0) is 18.9 Å². The van der Waals surface area contributed by atoms with Crippen molar-refractivity contribution in [2.75, 3.05) is 26.4 Å². The molecule has 0 aliphatic carbocycles. The zero-order chi connectivity index (χ0) is 54.5. The average Bonchev–Trinajstić information content (AvgIpc) is 3.39. The zero-order valence-electron chi connectivity index (χ0n) is 50.7. The Balaban J connectivity index is 6.31. The maximum Gasteiger partial charge on any atom is 0.162 e. The molecule has 0 bridgehead atoms. The Morgan fingerprint density at radius 1 is 0.260 bits per heavy atom. The van der Waals surface area contributed by atoms with Crippen LogP contribution in [0.25, 0.3) is 0 Å². The number of thiocarbonyl (C=S) groups is 4. The summed E-state index contributed by atoms with van der Waals surface area (Å²) in [5.41, 5.74) is -0.759. The molecule has 0 radical (unpaired) electrons. The van der Waals surface area contributed by atoms with E-state index in [0.29, 0.717) is 43.9 Å². The van der Waals surface area contributed by atoms with Crippen LogP contribution >= 0.6 is 48.9 Å². The summed E-state index contributed by atoms with van der Waals surface area (Å²) < 4.78 is 27.1. The third-order valence-corrected chi connectivity index (χ3v) is 19.0. The minimum Gasteiger partial charge on any atom is -0.486 e. The molecule has 0 aromatic rings. The summed E-state index contributed by atoms with van der Waals surface area (Å²) in [6.45, 7) is 28.6. The maximum absolute atomic E-state index is 6.78. The molecule has 8 unspecified atom stereocenters. The van der Waals surface area contributed by atoms with Crippen molar-refractivity contribution in [2.24, 2.45) is 52.8 Å². The zero-order valence-corrected chi connectivity index (χ0v) is 53.9. The highest BCUT2D eigenvalue weighted by Crippen LogP contribution is 2.31. The molecule has 0 aliphatic rings. The molecule has 73 heavy (non-hydrogen) atoms. The lowest BCUT2D eigenvalue weighted by molar-refractivity contribution is -0.0210. The lowest BCUT2D eigenvalue weighted by Crippen LogP contribution is -2.45. The van der Waals surface area contributed by atoms with Crippen LogP contribution in [0, 0.1) is 52.8 Å². The van der Waals surface area contributed by atoms with Crippen LogP contribution in [0.2, 0.25) is 0 Å². The molecule has 0 aromatic carbocycles. The van der Waals surface area contributed by atoms with Crippen molar-refractivity contribution in [1.29, 1.82) is 0 Å². The first kappa shape index (κ1) is 72.6. The second kappa shape index (κ2) is 48.7. The normalized spacial score (nSPS) is 15.8. The van der Waals surface area contributed by atoms with Crippen LogP contribution in [0.4, 0.5) is 0 Å². The summed E-state index contributed by atoms with van der Waals surface area (Å²) in [7, 11) is 0. The topological polar surface area (TPSA) is 36.9 Å². The van der Waals surface area contributed by atoms with E-state index in [1.165, 1.54) is 205 Å². The molecule has 0 heterocycles. The highest BCUT2D eigenvalue weighted by Gasteiger charge is 2.39. The number of rotatable bonds is 52. The van der Waals surface area contributed by atoms with Crippen molar-refractivity contribution in [3.8, 4) is 0 Å². The quantitative estimate of drug-likeness (QED) is 0.0441. The second-order valence-electron chi connectivity index (χ2n) is 24.0. The van der Waals surface area contributed by atoms with Gasteiger partial charge in [-0.15, -0.1) is 0 Å². The first-order valence-corrected chi connectivity index (χ1v) is 33.4. The third kappa shape index (κ3) is 37.9. The number of hydrogen-bond donors (Lipinski definition) is 0. The van der Waals surface area contributed by atoms with E-state index in [9.17, 15) is 0 Å². The highest BCUT2D eigenvalue weighted by molar-refractivity contribution is 7.80. The van der Waals surface area contributed by atoms with E-state index in [1.54, 1.807) is 0 Å². The van der Waals surface area contributed by atoms with Gasteiger partial charge in [-0.3, -0.25) is 0 Å². The summed E-state index contributed by atoms with van der Waals surface area (Å²) >= 11 is 24.6. The molecule has 0 rings (SSSR count). The van der Waals surface area contributed by atoms with E-state index in [2.05, 4.69) is 83.1 Å². The molecule has 0 amide bonds. The lowest BCUT2D eigenvalue weighted by Gasteiger charge is -2.36. The molecule has 0 N–H and O–H groups in total. The smallest absolute Gasteiger partial charge is 0.162 e. The van der Waals surface area contributed by atoms with Crippen molar-refractivity contribution in [3.05, 3.63) is 0 Å². The SMILES string of the molecule is CCCCCCCCCCC(C)C(C)C(=S)OCC(COC(=S)C(C)C(C)CCCCCCCCCC)(COC(=S)C(C)C(C)CCCCCCCCCC)COC(=S)C(C)C(C)CCCCCCCCCC. The van der Waals surface area contributed by atoms with E-state index in [-0.39, 0.29) is 50.1 Å². The number of ether oxygens (including phenoxy) is 4. The molecule has 4 nitrogen and oxygen atoms in total. The Labute approximate surface area is 478 Å². The molecule has 0 saturated carbocycles. The van der Waals surface area contributed by atoms with Gasteiger partial charge in [-0.25, -0.2) is 0 Å². The van der Waals surface area contributed by atoms with Gasteiger partial charge in [-0.2, -0.15) is 0 Å². The van der Waals surface area contributed by atoms with Gasteiger partial charge in [0, 0.05) is 23.7 Å². The van der Waals surface area contributed by atoms with Crippen molar-refractivity contribution in [2.45, 2.75) is 314 Å². The maximum atomic E-state index is 6.78. The summed E-state index contributed by atoms with van der Waals surface area (Å²) in [5, 5.41) is 2.60. The van der Waals surface area contributed by atoms with E-state index >= 15 is 0 Å². The van der Waals surface area contributed by atoms with E-state index in [1.807, 2.05) is 0 Å². The molecule has 8 heteroatoms. The average molecular weight is 1100 g/mol. The fourth-order valence-electron chi connectivity index (χ4n) is 10.0. The molecule has 0 fully saturated rings. The Hall–Kier alpha value is -0.440. The molecule has 0 aromatic heterocycles. The van der Waals surface area contributed by atoms with Crippen molar-refractivity contribution in [3.63, 3.8) is 0 Å². The Kier molecular flexibility index (Phi) is 48.4. The summed E-state index contributed by atoms with van der Waals surface area (Å²) in [6, 6.07) is 0. The first-order chi connectivity index (χ1) is 35.1. The van der Waals surface area contributed by atoms with Crippen LogP contribution in [0.1, 0.15) is 314 Å². The van der Waals surface area contributed by atoms with Gasteiger partial charge in [0.25, 0.3) is 0 Å². The van der Waals surface area contributed by atoms with Crippen molar-refractivity contribution < 1.29 is 18.9 Å². The molecule has 8 atom stereocenters. The fraction of sp³-hybridized carbons (Fsp3) is 0.938. The summed E-state index contributed by atoms with van der Waals surface area (Å²) in [5.74, 6) is 2.24. The van der Waals surface area contributed by atoms with E-state index in [0.717, 1.165) is 25.7 Å². The number of unbranched alkanes of at least 4 members (excludes halogenated alkanes) is 28. The van der Waals surface area contributed by atoms with Gasteiger partial charge in [0.05, 0.1) is 0 Å². The van der Waals surface area contributed by atoms with E-state index in [4.69, 9.17) is 67.8 Å². The van der Waals surface area contributed by atoms with Gasteiger partial charge in [0.2, 0.25) is 0 Å². The molecular weight excluding hydrogens is 973 g/mol. The van der Waals surface area contributed by atoms with Gasteiger partial charge in [0.15, 0.2) is 20.2 Å². The monoisotopic (exact) mass is 1100 g/mol.